The number of carboxylic acid groups (broad SMARTS) is 1. The molecule has 2 aromatic carbocycles. The molecule has 1 saturated heterocycles. The molecule has 0 radical (unpaired) electrons. The summed E-state index contributed by atoms with van der Waals surface area (Å²) in [7, 11) is 0. The van der Waals surface area contributed by atoms with Crippen LogP contribution in [0.3, 0.4) is 0 Å². The van der Waals surface area contributed by atoms with Crippen molar-refractivity contribution in [2.24, 2.45) is 5.41 Å². The second-order valence-electron chi connectivity index (χ2n) is 6.82. The number of nitrogens with one attached hydrogen (secondary N) is 1. The van der Waals surface area contributed by atoms with Gasteiger partial charge in [-0.1, -0.05) is 24.3 Å². The normalized spacial score (nSPS) is 19.9. The van der Waals surface area contributed by atoms with Crippen molar-refractivity contribution in [3.63, 3.8) is 0 Å². The third kappa shape index (κ3) is 4.40. The summed E-state index contributed by atoms with van der Waals surface area (Å²) in [6.45, 7) is 2.88. The number of amides is 1. The van der Waals surface area contributed by atoms with Crippen LogP contribution in [0.25, 0.3) is 0 Å². The van der Waals surface area contributed by atoms with Crippen LogP contribution < -0.4 is 10.1 Å². The summed E-state index contributed by atoms with van der Waals surface area (Å²) < 4.78 is 5.76. The summed E-state index contributed by atoms with van der Waals surface area (Å²) in [5.41, 5.74) is -0.132. The third-order valence-electron chi connectivity index (χ3n) is 4.53. The van der Waals surface area contributed by atoms with Gasteiger partial charge in [-0.15, -0.1) is 0 Å². The van der Waals surface area contributed by atoms with E-state index in [-0.39, 0.29) is 12.5 Å². The molecule has 1 aliphatic rings. The Morgan fingerprint density at radius 3 is 2.58 bits per heavy atom. The molecule has 26 heavy (non-hydrogen) atoms. The molecular formula is C20H22N2O4. The van der Waals surface area contributed by atoms with Gasteiger partial charge in [-0.05, 0) is 44.2 Å². The first-order chi connectivity index (χ1) is 12.4. The van der Waals surface area contributed by atoms with Crippen LogP contribution >= 0.6 is 0 Å². The number of benzene rings is 2. The van der Waals surface area contributed by atoms with Crippen molar-refractivity contribution in [1.82, 2.24) is 4.90 Å². The molecule has 1 amide bonds. The molecule has 2 aromatic rings. The van der Waals surface area contributed by atoms with E-state index in [1.807, 2.05) is 47.4 Å². The van der Waals surface area contributed by atoms with E-state index in [4.69, 9.17) is 4.74 Å². The smallest absolute Gasteiger partial charge is 0.310 e. The zero-order valence-electron chi connectivity index (χ0n) is 14.6. The van der Waals surface area contributed by atoms with E-state index in [1.54, 1.807) is 19.1 Å². The van der Waals surface area contributed by atoms with Gasteiger partial charge in [0.05, 0.1) is 12.0 Å². The van der Waals surface area contributed by atoms with Gasteiger partial charge in [-0.25, -0.2) is 0 Å². The maximum atomic E-state index is 12.3. The number of hydrogen-bond acceptors (Lipinski definition) is 4. The van der Waals surface area contributed by atoms with Crippen LogP contribution in [0, 0.1) is 5.41 Å². The Labute approximate surface area is 152 Å². The minimum atomic E-state index is -0.814. The molecule has 1 aliphatic heterocycles. The second-order valence-corrected chi connectivity index (χ2v) is 6.82. The molecule has 1 atom stereocenters. The lowest BCUT2D eigenvalue weighted by Gasteiger charge is -2.19. The van der Waals surface area contributed by atoms with Gasteiger partial charge in [-0.2, -0.15) is 0 Å². The zero-order chi connectivity index (χ0) is 18.6. The minimum absolute atomic E-state index is 0.170. The number of likely N-dealkylation sites (tertiary alicyclic amines) is 1. The van der Waals surface area contributed by atoms with Crippen molar-refractivity contribution >= 4 is 17.6 Å². The first-order valence-electron chi connectivity index (χ1n) is 8.53. The first-order valence-corrected chi connectivity index (χ1v) is 8.53. The standard InChI is InChI=1S/C20H22N2O4/c1-20(19(24)25)10-11-22(14-20)13-18(23)21-15-6-5-9-17(12-15)26-16-7-3-2-4-8-16/h2-9,12H,10-11,13-14H2,1H3,(H,21,23)(H,24,25). The van der Waals surface area contributed by atoms with Crippen molar-refractivity contribution in [2.75, 3.05) is 25.0 Å². The molecule has 1 unspecified atom stereocenters. The fraction of sp³-hybridized carbons (Fsp3) is 0.300. The largest absolute Gasteiger partial charge is 0.481 e. The zero-order valence-corrected chi connectivity index (χ0v) is 14.6. The van der Waals surface area contributed by atoms with E-state index in [0.717, 1.165) is 5.75 Å². The first kappa shape index (κ1) is 17.9. The van der Waals surface area contributed by atoms with Gasteiger partial charge < -0.3 is 15.2 Å². The fourth-order valence-electron chi connectivity index (χ4n) is 3.03. The van der Waals surface area contributed by atoms with Crippen LogP contribution in [0.2, 0.25) is 0 Å². The number of ether oxygens (including phenoxy) is 1. The van der Waals surface area contributed by atoms with Gasteiger partial charge in [0.25, 0.3) is 0 Å². The van der Waals surface area contributed by atoms with E-state index in [1.165, 1.54) is 0 Å². The highest BCUT2D eigenvalue weighted by molar-refractivity contribution is 5.92. The van der Waals surface area contributed by atoms with Crippen LogP contribution in [0.5, 0.6) is 11.5 Å². The van der Waals surface area contributed by atoms with Crippen molar-refractivity contribution in [1.29, 1.82) is 0 Å². The fourth-order valence-corrected chi connectivity index (χ4v) is 3.03. The van der Waals surface area contributed by atoms with Crippen molar-refractivity contribution in [3.05, 3.63) is 54.6 Å². The Morgan fingerprint density at radius 1 is 1.15 bits per heavy atom. The molecule has 1 fully saturated rings. The van der Waals surface area contributed by atoms with Crippen LogP contribution in [0.15, 0.2) is 54.6 Å². The lowest BCUT2D eigenvalue weighted by molar-refractivity contribution is -0.147. The highest BCUT2D eigenvalue weighted by Crippen LogP contribution is 2.30. The predicted octanol–water partition coefficient (Wildman–Crippen LogP) is 3.21. The Bertz CT molecular complexity index is 793. The van der Waals surface area contributed by atoms with Gasteiger partial charge in [-0.3, -0.25) is 14.5 Å². The van der Waals surface area contributed by atoms with Gasteiger partial charge >= 0.3 is 5.97 Å². The highest BCUT2D eigenvalue weighted by atomic mass is 16.5. The van der Waals surface area contributed by atoms with E-state index in [2.05, 4.69) is 5.32 Å². The average molecular weight is 354 g/mol. The Morgan fingerprint density at radius 2 is 1.88 bits per heavy atom. The quantitative estimate of drug-likeness (QED) is 0.833. The molecule has 0 saturated carbocycles. The lowest BCUT2D eigenvalue weighted by Crippen LogP contribution is -2.35. The number of nitrogens with zero attached hydrogens (tertiary/aromatic N) is 1. The summed E-state index contributed by atoms with van der Waals surface area (Å²) in [6, 6.07) is 16.6. The van der Waals surface area contributed by atoms with E-state index >= 15 is 0 Å². The van der Waals surface area contributed by atoms with Gasteiger partial charge in [0.2, 0.25) is 5.91 Å². The molecule has 0 aromatic heterocycles. The predicted molar refractivity (Wildman–Crippen MR) is 98.4 cm³/mol. The average Bonchev–Trinajstić information content (AvgIpc) is 2.98. The molecule has 2 N–H and O–H groups in total. The summed E-state index contributed by atoms with van der Waals surface area (Å²) in [6.07, 6.45) is 0.552. The number of rotatable bonds is 6. The van der Waals surface area contributed by atoms with E-state index < -0.39 is 11.4 Å². The summed E-state index contributed by atoms with van der Waals surface area (Å²) in [4.78, 5) is 25.4. The van der Waals surface area contributed by atoms with Crippen LogP contribution in [0.4, 0.5) is 5.69 Å². The molecule has 136 valence electrons. The van der Waals surface area contributed by atoms with Gasteiger partial charge in [0.1, 0.15) is 11.5 Å². The summed E-state index contributed by atoms with van der Waals surface area (Å²) in [5, 5.41) is 12.1. The van der Waals surface area contributed by atoms with Crippen molar-refractivity contribution in [2.45, 2.75) is 13.3 Å². The number of hydrogen-bond donors (Lipinski definition) is 2. The second kappa shape index (κ2) is 7.58. The minimum Gasteiger partial charge on any atom is -0.481 e. The number of anilines is 1. The molecular weight excluding hydrogens is 332 g/mol. The summed E-state index contributed by atoms with van der Waals surface area (Å²) in [5.74, 6) is 0.372. The van der Waals surface area contributed by atoms with E-state index in [0.29, 0.717) is 30.9 Å². The maximum Gasteiger partial charge on any atom is 0.310 e. The van der Waals surface area contributed by atoms with Crippen LogP contribution in [-0.4, -0.2) is 41.5 Å². The number of carboxylic acids is 1. The molecule has 1 heterocycles. The number of aliphatic carboxylic acids is 1. The Balaban J connectivity index is 1.56. The van der Waals surface area contributed by atoms with Crippen molar-refractivity contribution in [3.8, 4) is 11.5 Å². The topological polar surface area (TPSA) is 78.9 Å². The highest BCUT2D eigenvalue weighted by Gasteiger charge is 2.40. The number of carbonyl (C=O) groups excluding carboxylic acids is 1. The third-order valence-corrected chi connectivity index (χ3v) is 4.53. The SMILES string of the molecule is CC1(C(=O)O)CCN(CC(=O)Nc2cccc(Oc3ccccc3)c2)C1. The maximum absolute atomic E-state index is 12.3. The Hall–Kier alpha value is -2.86. The van der Waals surface area contributed by atoms with Crippen LogP contribution in [0.1, 0.15) is 13.3 Å². The van der Waals surface area contributed by atoms with Gasteiger partial charge in [0, 0.05) is 18.3 Å². The lowest BCUT2D eigenvalue weighted by atomic mass is 9.90. The van der Waals surface area contributed by atoms with Crippen molar-refractivity contribution < 1.29 is 19.4 Å². The summed E-state index contributed by atoms with van der Waals surface area (Å²) >= 11 is 0. The molecule has 6 nitrogen and oxygen atoms in total. The molecule has 3 rings (SSSR count). The van der Waals surface area contributed by atoms with Gasteiger partial charge in [0.15, 0.2) is 0 Å². The molecule has 6 heteroatoms. The molecule has 0 spiro atoms. The Kier molecular flexibility index (Phi) is 5.23. The molecule has 0 bridgehead atoms. The monoisotopic (exact) mass is 354 g/mol. The number of carbonyl (C=O) groups is 2. The number of para-hydroxylation sites is 1. The molecule has 0 aliphatic carbocycles. The van der Waals surface area contributed by atoms with Crippen LogP contribution in [-0.2, 0) is 9.59 Å². The van der Waals surface area contributed by atoms with E-state index in [9.17, 15) is 14.7 Å².